The SMILES string of the molecule is CCCCCCCCCC=O.CN.c1cc2c(cc1CCCN1CCCC1)OCCO2. The number of nitrogens with two attached hydrogens (primary N) is 1. The smallest absolute Gasteiger partial charge is 0.161 e. The van der Waals surface area contributed by atoms with Crippen molar-refractivity contribution in [1.29, 1.82) is 0 Å². The van der Waals surface area contributed by atoms with Gasteiger partial charge in [-0.3, -0.25) is 0 Å². The van der Waals surface area contributed by atoms with Crippen molar-refractivity contribution in [2.45, 2.75) is 84.0 Å². The number of carbonyl (C=O) groups is 1. The Hall–Kier alpha value is -1.59. The van der Waals surface area contributed by atoms with E-state index in [1.54, 1.807) is 0 Å². The summed E-state index contributed by atoms with van der Waals surface area (Å²) < 4.78 is 11.1. The highest BCUT2D eigenvalue weighted by atomic mass is 16.6. The molecule has 178 valence electrons. The quantitative estimate of drug-likeness (QED) is 0.353. The van der Waals surface area contributed by atoms with Gasteiger partial charge in [-0.1, -0.05) is 51.5 Å². The predicted octanol–water partition coefficient (Wildman–Crippen LogP) is 5.39. The molecule has 2 heterocycles. The monoisotopic (exact) mass is 434 g/mol. The number of hydrogen-bond donors (Lipinski definition) is 1. The molecule has 0 bridgehead atoms. The van der Waals surface area contributed by atoms with Gasteiger partial charge in [-0.05, 0) is 76.5 Å². The Labute approximate surface area is 190 Å². The second-order valence-corrected chi connectivity index (χ2v) is 8.21. The summed E-state index contributed by atoms with van der Waals surface area (Å²) in [6.45, 7) is 7.38. The van der Waals surface area contributed by atoms with Crippen LogP contribution in [-0.2, 0) is 11.2 Å². The highest BCUT2D eigenvalue weighted by Crippen LogP contribution is 2.31. The molecule has 0 radical (unpaired) electrons. The van der Waals surface area contributed by atoms with E-state index in [2.05, 4.69) is 29.7 Å². The summed E-state index contributed by atoms with van der Waals surface area (Å²) in [6, 6.07) is 6.34. The van der Waals surface area contributed by atoms with Crippen LogP contribution in [0, 0.1) is 0 Å². The lowest BCUT2D eigenvalue weighted by Crippen LogP contribution is -2.20. The fourth-order valence-electron chi connectivity index (χ4n) is 3.94. The minimum Gasteiger partial charge on any atom is -0.486 e. The number of aldehydes is 1. The summed E-state index contributed by atoms with van der Waals surface area (Å²) >= 11 is 0. The normalized spacial score (nSPS) is 14.8. The van der Waals surface area contributed by atoms with E-state index in [0.29, 0.717) is 13.2 Å². The average molecular weight is 435 g/mol. The van der Waals surface area contributed by atoms with Gasteiger partial charge < -0.3 is 24.9 Å². The van der Waals surface area contributed by atoms with Gasteiger partial charge in [0.15, 0.2) is 11.5 Å². The fraction of sp³-hybridized carbons (Fsp3) is 0.731. The summed E-state index contributed by atoms with van der Waals surface area (Å²) in [5.74, 6) is 1.81. The first-order chi connectivity index (χ1) is 15.3. The molecule has 0 unspecified atom stereocenters. The van der Waals surface area contributed by atoms with E-state index in [1.807, 2.05) is 6.07 Å². The third kappa shape index (κ3) is 12.8. The largest absolute Gasteiger partial charge is 0.486 e. The van der Waals surface area contributed by atoms with E-state index < -0.39 is 0 Å². The van der Waals surface area contributed by atoms with Gasteiger partial charge in [-0.25, -0.2) is 0 Å². The molecule has 0 aliphatic carbocycles. The van der Waals surface area contributed by atoms with Gasteiger partial charge in [0.25, 0.3) is 0 Å². The number of fused-ring (bicyclic) bond motifs is 1. The first kappa shape index (κ1) is 27.4. The number of aryl methyl sites for hydroxylation is 1. The summed E-state index contributed by atoms with van der Waals surface area (Å²) in [4.78, 5) is 12.5. The third-order valence-electron chi connectivity index (χ3n) is 5.67. The average Bonchev–Trinajstić information content (AvgIpc) is 3.34. The van der Waals surface area contributed by atoms with Crippen molar-refractivity contribution < 1.29 is 14.3 Å². The Morgan fingerprint density at radius 3 is 2.23 bits per heavy atom. The molecule has 2 aliphatic rings. The van der Waals surface area contributed by atoms with Crippen LogP contribution in [-0.4, -0.2) is 51.1 Å². The Morgan fingerprint density at radius 2 is 1.55 bits per heavy atom. The molecule has 5 heteroatoms. The third-order valence-corrected chi connectivity index (χ3v) is 5.67. The predicted molar refractivity (Wildman–Crippen MR) is 130 cm³/mol. The number of ether oxygens (including phenoxy) is 2. The molecule has 0 aromatic heterocycles. The highest BCUT2D eigenvalue weighted by Gasteiger charge is 2.13. The van der Waals surface area contributed by atoms with Crippen LogP contribution >= 0.6 is 0 Å². The lowest BCUT2D eigenvalue weighted by molar-refractivity contribution is -0.107. The van der Waals surface area contributed by atoms with Crippen LogP contribution in [0.25, 0.3) is 0 Å². The van der Waals surface area contributed by atoms with Gasteiger partial charge >= 0.3 is 0 Å². The molecule has 0 atom stereocenters. The van der Waals surface area contributed by atoms with Crippen molar-refractivity contribution in [3.05, 3.63) is 23.8 Å². The van der Waals surface area contributed by atoms with Crippen molar-refractivity contribution >= 4 is 6.29 Å². The molecule has 1 saturated heterocycles. The zero-order chi connectivity index (χ0) is 22.6. The molecule has 2 aliphatic heterocycles. The zero-order valence-electron chi connectivity index (χ0n) is 20.1. The van der Waals surface area contributed by atoms with E-state index >= 15 is 0 Å². The molecule has 1 aromatic carbocycles. The van der Waals surface area contributed by atoms with Crippen molar-refractivity contribution in [3.63, 3.8) is 0 Å². The summed E-state index contributed by atoms with van der Waals surface area (Å²) in [5, 5.41) is 0. The zero-order valence-corrected chi connectivity index (χ0v) is 20.1. The van der Waals surface area contributed by atoms with Gasteiger partial charge in [-0.2, -0.15) is 0 Å². The first-order valence-electron chi connectivity index (χ1n) is 12.5. The lowest BCUT2D eigenvalue weighted by Gasteiger charge is -2.19. The van der Waals surface area contributed by atoms with Crippen LogP contribution in [0.15, 0.2) is 18.2 Å². The van der Waals surface area contributed by atoms with Crippen molar-refractivity contribution in [2.24, 2.45) is 5.73 Å². The molecule has 0 amide bonds. The number of unbranched alkanes of at least 4 members (excludes halogenated alkanes) is 7. The molecule has 3 rings (SSSR count). The molecule has 31 heavy (non-hydrogen) atoms. The topological polar surface area (TPSA) is 64.8 Å². The highest BCUT2D eigenvalue weighted by molar-refractivity contribution is 5.48. The van der Waals surface area contributed by atoms with Crippen molar-refractivity contribution in [3.8, 4) is 11.5 Å². The minimum atomic E-state index is 0.668. The molecule has 1 aromatic rings. The second kappa shape index (κ2) is 19.1. The van der Waals surface area contributed by atoms with E-state index in [1.165, 1.54) is 90.0 Å². The maximum absolute atomic E-state index is 9.94. The van der Waals surface area contributed by atoms with E-state index in [-0.39, 0.29) is 0 Å². The molecular weight excluding hydrogens is 388 g/mol. The molecular formula is C26H46N2O3. The molecule has 1 fully saturated rings. The minimum absolute atomic E-state index is 0.668. The van der Waals surface area contributed by atoms with Crippen LogP contribution in [0.4, 0.5) is 0 Å². The second-order valence-electron chi connectivity index (χ2n) is 8.21. The molecule has 2 N–H and O–H groups in total. The van der Waals surface area contributed by atoms with Crippen LogP contribution in [0.2, 0.25) is 0 Å². The van der Waals surface area contributed by atoms with Gasteiger partial charge in [0.2, 0.25) is 0 Å². The van der Waals surface area contributed by atoms with Crippen molar-refractivity contribution in [2.75, 3.05) is 39.9 Å². The van der Waals surface area contributed by atoms with Crippen LogP contribution in [0.3, 0.4) is 0 Å². The Balaban J connectivity index is 0.000000321. The van der Waals surface area contributed by atoms with Crippen molar-refractivity contribution in [1.82, 2.24) is 4.90 Å². The number of hydrogen-bond acceptors (Lipinski definition) is 5. The van der Waals surface area contributed by atoms with Crippen LogP contribution in [0.5, 0.6) is 11.5 Å². The van der Waals surface area contributed by atoms with Crippen LogP contribution < -0.4 is 15.2 Å². The van der Waals surface area contributed by atoms with Gasteiger partial charge in [0.05, 0.1) is 0 Å². The van der Waals surface area contributed by atoms with E-state index in [9.17, 15) is 4.79 Å². The standard InChI is InChI=1S/C15H21NO2.C10H20O.CH5N/c1-2-8-16(7-1)9-3-4-13-5-6-14-15(12-13)18-11-10-17-14;1-2-3-4-5-6-7-8-9-10-11;1-2/h5-6,12H,1-4,7-11H2;10H,2-9H2,1H3;2H2,1H3. The fourth-order valence-corrected chi connectivity index (χ4v) is 3.94. The Kier molecular flexibility index (Phi) is 16.9. The Morgan fingerprint density at radius 1 is 0.903 bits per heavy atom. The lowest BCUT2D eigenvalue weighted by atomic mass is 10.1. The molecule has 0 saturated carbocycles. The van der Waals surface area contributed by atoms with E-state index in [0.717, 1.165) is 37.0 Å². The van der Waals surface area contributed by atoms with Gasteiger partial charge in [-0.15, -0.1) is 0 Å². The van der Waals surface area contributed by atoms with Gasteiger partial charge in [0, 0.05) is 6.42 Å². The molecule has 5 nitrogen and oxygen atoms in total. The van der Waals surface area contributed by atoms with Crippen LogP contribution in [0.1, 0.15) is 83.1 Å². The Bertz CT molecular complexity index is 560. The molecule has 0 spiro atoms. The summed E-state index contributed by atoms with van der Waals surface area (Å²) in [6.07, 6.45) is 16.0. The van der Waals surface area contributed by atoms with E-state index in [4.69, 9.17) is 9.47 Å². The number of likely N-dealkylation sites (tertiary alicyclic amines) is 1. The maximum atomic E-state index is 9.94. The first-order valence-corrected chi connectivity index (χ1v) is 12.5. The number of benzene rings is 1. The maximum Gasteiger partial charge on any atom is 0.161 e. The summed E-state index contributed by atoms with van der Waals surface area (Å²) in [5.41, 5.74) is 5.86. The number of rotatable bonds is 12. The number of nitrogens with zero attached hydrogens (tertiary/aromatic N) is 1. The number of carbonyl (C=O) groups excluding carboxylic acids is 1. The van der Waals surface area contributed by atoms with Gasteiger partial charge in [0.1, 0.15) is 19.5 Å². The summed E-state index contributed by atoms with van der Waals surface area (Å²) in [7, 11) is 1.50.